The van der Waals surface area contributed by atoms with Gasteiger partial charge in [0.15, 0.2) is 0 Å². The highest BCUT2D eigenvalue weighted by Crippen LogP contribution is 2.11. The van der Waals surface area contributed by atoms with Crippen molar-refractivity contribution in [1.29, 1.82) is 0 Å². The molecule has 0 saturated carbocycles. The van der Waals surface area contributed by atoms with Crippen molar-refractivity contribution >= 4 is 20.0 Å². The summed E-state index contributed by atoms with van der Waals surface area (Å²) < 4.78 is 17.2. The van der Waals surface area contributed by atoms with Crippen LogP contribution in [0.15, 0.2) is 24.3 Å². The maximum atomic E-state index is 10.9. The predicted molar refractivity (Wildman–Crippen MR) is 73.7 cm³/mol. The number of hydrogen-bond acceptors (Lipinski definition) is 4. The maximum Gasteiger partial charge on any atom is 0.537 e. The first-order valence-corrected chi connectivity index (χ1v) is 8.07. The van der Waals surface area contributed by atoms with Gasteiger partial charge in [-0.3, -0.25) is 0 Å². The molecule has 0 aliphatic rings. The summed E-state index contributed by atoms with van der Waals surface area (Å²) in [5, 5.41) is 9.69. The van der Waals surface area contributed by atoms with E-state index in [0.717, 1.165) is 5.19 Å². The third kappa shape index (κ3) is 3.87. The summed E-state index contributed by atoms with van der Waals surface area (Å²) >= 11 is 0. The highest BCUT2D eigenvalue weighted by atomic mass is 28.4. The Morgan fingerprint density at radius 1 is 1.00 bits per heavy atom. The van der Waals surface area contributed by atoms with Crippen molar-refractivity contribution in [1.82, 2.24) is 0 Å². The van der Waals surface area contributed by atoms with Crippen molar-refractivity contribution in [3.63, 3.8) is 0 Å². The molecule has 1 aromatic rings. The lowest BCUT2D eigenvalue weighted by Crippen LogP contribution is -2.56. The zero-order valence-corrected chi connectivity index (χ0v) is 12.5. The summed E-state index contributed by atoms with van der Waals surface area (Å²) in [4.78, 5) is 10.9. The van der Waals surface area contributed by atoms with Gasteiger partial charge < -0.3 is 18.4 Å². The minimum atomic E-state index is -2.92. The number of aromatic carboxylic acids is 1. The van der Waals surface area contributed by atoms with Crippen LogP contribution in [0.2, 0.25) is 0 Å². The summed E-state index contributed by atoms with van der Waals surface area (Å²) in [6.07, 6.45) is 0. The second kappa shape index (κ2) is 7.39. The average molecular weight is 284 g/mol. The minimum absolute atomic E-state index is 0.233. The quantitative estimate of drug-likeness (QED) is 0.735. The van der Waals surface area contributed by atoms with Gasteiger partial charge in [0, 0.05) is 25.0 Å². The summed E-state index contributed by atoms with van der Waals surface area (Å²) in [6.45, 7) is 7.08. The monoisotopic (exact) mass is 284 g/mol. The minimum Gasteiger partial charge on any atom is -0.478 e. The third-order valence-electron chi connectivity index (χ3n) is 2.49. The predicted octanol–water partition coefficient (Wildman–Crippen LogP) is 1.64. The SMILES string of the molecule is CCO[Si](OCC)(OCC)c1ccc(C(=O)O)cc1. The number of hydrogen-bond donors (Lipinski definition) is 1. The van der Waals surface area contributed by atoms with Crippen LogP contribution in [0.1, 0.15) is 31.1 Å². The van der Waals surface area contributed by atoms with Crippen LogP contribution in [-0.2, 0) is 13.3 Å². The molecule has 0 aromatic heterocycles. The standard InChI is InChI=1S/C13H20O5Si/c1-4-16-19(17-5-2,18-6-3)12-9-7-11(8-10-12)13(14)15/h7-10H,4-6H2,1-3H3,(H,14,15). The molecule has 106 valence electrons. The molecule has 0 saturated heterocycles. The molecule has 1 aromatic carbocycles. The van der Waals surface area contributed by atoms with E-state index in [1.807, 2.05) is 20.8 Å². The van der Waals surface area contributed by atoms with E-state index in [1.165, 1.54) is 12.1 Å². The van der Waals surface area contributed by atoms with Crippen molar-refractivity contribution < 1.29 is 23.2 Å². The second-order valence-electron chi connectivity index (χ2n) is 3.74. The van der Waals surface area contributed by atoms with Crippen LogP contribution in [0.3, 0.4) is 0 Å². The van der Waals surface area contributed by atoms with E-state index in [4.69, 9.17) is 18.4 Å². The number of carbonyl (C=O) groups is 1. The van der Waals surface area contributed by atoms with E-state index < -0.39 is 14.8 Å². The van der Waals surface area contributed by atoms with Gasteiger partial charge in [0.2, 0.25) is 0 Å². The van der Waals surface area contributed by atoms with Gasteiger partial charge in [0.25, 0.3) is 0 Å². The first kappa shape index (κ1) is 15.8. The molecule has 0 atom stereocenters. The van der Waals surface area contributed by atoms with Crippen LogP contribution in [0.5, 0.6) is 0 Å². The number of rotatable bonds is 8. The lowest BCUT2D eigenvalue weighted by molar-refractivity contribution is 0.0695. The largest absolute Gasteiger partial charge is 0.537 e. The third-order valence-corrected chi connectivity index (χ3v) is 5.54. The van der Waals surface area contributed by atoms with Crippen LogP contribution in [0.25, 0.3) is 0 Å². The molecule has 0 fully saturated rings. The van der Waals surface area contributed by atoms with Gasteiger partial charge >= 0.3 is 14.8 Å². The van der Waals surface area contributed by atoms with E-state index in [9.17, 15) is 4.79 Å². The molecule has 6 heteroatoms. The zero-order valence-electron chi connectivity index (χ0n) is 11.5. The van der Waals surface area contributed by atoms with Gasteiger partial charge in [-0.1, -0.05) is 12.1 Å². The van der Waals surface area contributed by atoms with Crippen molar-refractivity contribution in [2.24, 2.45) is 0 Å². The van der Waals surface area contributed by atoms with Crippen LogP contribution in [0, 0.1) is 0 Å². The summed E-state index contributed by atoms with van der Waals surface area (Å²) in [6, 6.07) is 6.49. The fraction of sp³-hybridized carbons (Fsp3) is 0.462. The highest BCUT2D eigenvalue weighted by Gasteiger charge is 2.43. The number of carboxylic acid groups (broad SMARTS) is 1. The summed E-state index contributed by atoms with van der Waals surface area (Å²) in [5.74, 6) is -0.956. The fourth-order valence-corrected chi connectivity index (χ4v) is 4.23. The van der Waals surface area contributed by atoms with Gasteiger partial charge in [-0.25, -0.2) is 4.79 Å². The van der Waals surface area contributed by atoms with Crippen molar-refractivity contribution in [2.45, 2.75) is 20.8 Å². The topological polar surface area (TPSA) is 65.0 Å². The molecule has 1 N–H and O–H groups in total. The zero-order chi connectivity index (χ0) is 14.3. The highest BCUT2D eigenvalue weighted by molar-refractivity contribution is 6.75. The number of carboxylic acids is 1. The Hall–Kier alpha value is -1.21. The van der Waals surface area contributed by atoms with Crippen LogP contribution in [-0.4, -0.2) is 39.7 Å². The summed E-state index contributed by atoms with van der Waals surface area (Å²) in [7, 11) is -2.92. The smallest absolute Gasteiger partial charge is 0.478 e. The molecule has 0 unspecified atom stereocenters. The lowest BCUT2D eigenvalue weighted by atomic mass is 10.2. The van der Waals surface area contributed by atoms with Crippen molar-refractivity contribution in [3.8, 4) is 0 Å². The van der Waals surface area contributed by atoms with Gasteiger partial charge in [-0.2, -0.15) is 0 Å². The van der Waals surface area contributed by atoms with Gasteiger partial charge in [0.1, 0.15) is 0 Å². The van der Waals surface area contributed by atoms with Crippen LogP contribution in [0.4, 0.5) is 0 Å². The van der Waals surface area contributed by atoms with E-state index >= 15 is 0 Å². The Balaban J connectivity index is 3.10. The molecule has 0 aliphatic heterocycles. The molecular formula is C13H20O5Si. The van der Waals surface area contributed by atoms with Gasteiger partial charge in [0.05, 0.1) is 5.56 Å². The molecule has 0 aliphatic carbocycles. The summed E-state index contributed by atoms with van der Waals surface area (Å²) in [5.41, 5.74) is 0.233. The Morgan fingerprint density at radius 3 is 1.74 bits per heavy atom. The fourth-order valence-electron chi connectivity index (χ4n) is 1.76. The molecule has 0 heterocycles. The molecule has 0 radical (unpaired) electrons. The Labute approximate surface area is 114 Å². The Morgan fingerprint density at radius 2 is 1.42 bits per heavy atom. The normalized spacial score (nSPS) is 11.5. The van der Waals surface area contributed by atoms with E-state index in [1.54, 1.807) is 12.1 Å². The molecule has 1 rings (SSSR count). The first-order valence-electron chi connectivity index (χ1n) is 6.35. The van der Waals surface area contributed by atoms with Crippen molar-refractivity contribution in [2.75, 3.05) is 19.8 Å². The van der Waals surface area contributed by atoms with Gasteiger partial charge in [-0.15, -0.1) is 0 Å². The average Bonchev–Trinajstić information content (AvgIpc) is 2.39. The molecule has 0 bridgehead atoms. The first-order chi connectivity index (χ1) is 9.09. The van der Waals surface area contributed by atoms with Gasteiger partial charge in [-0.05, 0) is 32.9 Å². The molecular weight excluding hydrogens is 264 g/mol. The Kier molecular flexibility index (Phi) is 6.17. The maximum absolute atomic E-state index is 10.9. The molecule has 19 heavy (non-hydrogen) atoms. The van der Waals surface area contributed by atoms with E-state index in [2.05, 4.69) is 0 Å². The number of benzene rings is 1. The Bertz CT molecular complexity index is 387. The van der Waals surface area contributed by atoms with Crippen molar-refractivity contribution in [3.05, 3.63) is 29.8 Å². The second-order valence-corrected chi connectivity index (χ2v) is 6.29. The van der Waals surface area contributed by atoms with Crippen LogP contribution < -0.4 is 5.19 Å². The molecule has 0 amide bonds. The molecule has 0 spiro atoms. The lowest BCUT2D eigenvalue weighted by Gasteiger charge is -2.28. The van der Waals surface area contributed by atoms with E-state index in [-0.39, 0.29) is 5.56 Å². The molecule has 5 nitrogen and oxygen atoms in total. The van der Waals surface area contributed by atoms with E-state index in [0.29, 0.717) is 19.8 Å². The van der Waals surface area contributed by atoms with Crippen LogP contribution >= 0.6 is 0 Å².